The van der Waals surface area contributed by atoms with Crippen LogP contribution >= 0.6 is 11.3 Å². The highest BCUT2D eigenvalue weighted by molar-refractivity contribution is 7.19. The minimum atomic E-state index is 0.759. The third-order valence-electron chi connectivity index (χ3n) is 4.59. The van der Waals surface area contributed by atoms with Crippen LogP contribution in [-0.4, -0.2) is 24.2 Å². The van der Waals surface area contributed by atoms with Crippen LogP contribution < -0.4 is 14.8 Å². The second-order valence-corrected chi connectivity index (χ2v) is 7.29. The van der Waals surface area contributed by atoms with Crippen LogP contribution in [-0.2, 0) is 12.8 Å². The van der Waals surface area contributed by atoms with Crippen molar-refractivity contribution in [1.29, 1.82) is 0 Å². The lowest BCUT2D eigenvalue weighted by Crippen LogP contribution is -2.03. The summed E-state index contributed by atoms with van der Waals surface area (Å²) in [7, 11) is 3.33. The van der Waals surface area contributed by atoms with E-state index in [1.165, 1.54) is 23.3 Å². The molecule has 4 rings (SSSR count). The molecule has 25 heavy (non-hydrogen) atoms. The summed E-state index contributed by atoms with van der Waals surface area (Å²) in [5, 5.41) is 4.63. The molecule has 0 saturated heterocycles. The molecule has 2 heterocycles. The zero-order chi connectivity index (χ0) is 17.4. The van der Waals surface area contributed by atoms with Gasteiger partial charge >= 0.3 is 0 Å². The molecule has 2 aromatic heterocycles. The third kappa shape index (κ3) is 2.91. The van der Waals surface area contributed by atoms with Gasteiger partial charge in [0.05, 0.1) is 25.3 Å². The molecule has 0 spiro atoms. The minimum absolute atomic E-state index is 0.759. The van der Waals surface area contributed by atoms with Gasteiger partial charge in [0.2, 0.25) is 0 Å². The summed E-state index contributed by atoms with van der Waals surface area (Å²) in [4.78, 5) is 11.9. The number of methoxy groups -OCH3 is 2. The zero-order valence-corrected chi connectivity index (χ0v) is 15.5. The Labute approximate surface area is 151 Å². The molecule has 1 aliphatic rings. The largest absolute Gasteiger partial charge is 0.497 e. The maximum Gasteiger partial charge on any atom is 0.143 e. The first-order valence-corrected chi connectivity index (χ1v) is 9.29. The Hall–Kier alpha value is -2.34. The van der Waals surface area contributed by atoms with Crippen molar-refractivity contribution in [2.24, 2.45) is 0 Å². The molecule has 0 amide bonds. The van der Waals surface area contributed by atoms with Crippen LogP contribution in [0.25, 0.3) is 10.2 Å². The van der Waals surface area contributed by atoms with Crippen molar-refractivity contribution in [3.63, 3.8) is 0 Å². The molecule has 0 unspecified atom stereocenters. The average molecular weight is 355 g/mol. The van der Waals surface area contributed by atoms with Crippen LogP contribution in [0.1, 0.15) is 29.1 Å². The number of aryl methyl sites for hydroxylation is 3. The van der Waals surface area contributed by atoms with Crippen molar-refractivity contribution < 1.29 is 9.47 Å². The first-order chi connectivity index (χ1) is 12.2. The van der Waals surface area contributed by atoms with E-state index >= 15 is 0 Å². The van der Waals surface area contributed by atoms with Gasteiger partial charge in [-0.15, -0.1) is 11.3 Å². The van der Waals surface area contributed by atoms with Crippen LogP contribution in [0, 0.1) is 6.92 Å². The summed E-state index contributed by atoms with van der Waals surface area (Å²) >= 11 is 1.81. The number of rotatable bonds is 4. The number of aromatic nitrogens is 2. The third-order valence-corrected chi connectivity index (χ3v) is 5.77. The number of anilines is 2. The van der Waals surface area contributed by atoms with E-state index in [2.05, 4.69) is 10.3 Å². The first-order valence-electron chi connectivity index (χ1n) is 8.47. The quantitative estimate of drug-likeness (QED) is 0.739. The molecule has 6 heteroatoms. The van der Waals surface area contributed by atoms with E-state index in [4.69, 9.17) is 14.5 Å². The van der Waals surface area contributed by atoms with E-state index in [0.717, 1.165) is 51.9 Å². The lowest BCUT2D eigenvalue weighted by Gasteiger charge is -2.15. The van der Waals surface area contributed by atoms with E-state index in [9.17, 15) is 0 Å². The van der Waals surface area contributed by atoms with Gasteiger partial charge in [0, 0.05) is 10.9 Å². The van der Waals surface area contributed by atoms with Gasteiger partial charge in [-0.05, 0) is 50.3 Å². The van der Waals surface area contributed by atoms with Crippen molar-refractivity contribution in [2.45, 2.75) is 32.6 Å². The molecule has 1 N–H and O–H groups in total. The fourth-order valence-corrected chi connectivity index (χ4v) is 4.70. The van der Waals surface area contributed by atoms with E-state index in [1.54, 1.807) is 14.2 Å². The smallest absolute Gasteiger partial charge is 0.143 e. The highest BCUT2D eigenvalue weighted by atomic mass is 32.1. The Balaban J connectivity index is 1.85. The Morgan fingerprint density at radius 2 is 1.92 bits per heavy atom. The molecule has 1 aromatic carbocycles. The van der Waals surface area contributed by atoms with Gasteiger partial charge in [-0.3, -0.25) is 0 Å². The Kier molecular flexibility index (Phi) is 4.21. The molecule has 1 aliphatic carbocycles. The molecule has 130 valence electrons. The number of benzene rings is 1. The molecule has 0 saturated carbocycles. The number of ether oxygens (including phenoxy) is 2. The number of hydrogen-bond acceptors (Lipinski definition) is 6. The van der Waals surface area contributed by atoms with Crippen LogP contribution in [0.2, 0.25) is 0 Å². The first kappa shape index (κ1) is 16.1. The fourth-order valence-electron chi connectivity index (χ4n) is 3.39. The van der Waals surface area contributed by atoms with E-state index < -0.39 is 0 Å². The number of hydrogen-bond donors (Lipinski definition) is 1. The Bertz CT molecular complexity index is 936. The van der Waals surface area contributed by atoms with Gasteiger partial charge in [-0.25, -0.2) is 9.97 Å². The van der Waals surface area contributed by atoms with E-state index in [1.807, 2.05) is 36.5 Å². The Morgan fingerprint density at radius 1 is 1.08 bits per heavy atom. The topological polar surface area (TPSA) is 56.3 Å². The summed E-state index contributed by atoms with van der Waals surface area (Å²) in [5.41, 5.74) is 2.26. The minimum Gasteiger partial charge on any atom is -0.497 e. The normalized spacial score (nSPS) is 13.6. The van der Waals surface area contributed by atoms with Crippen molar-refractivity contribution in [3.05, 3.63) is 34.5 Å². The van der Waals surface area contributed by atoms with Crippen LogP contribution in [0.3, 0.4) is 0 Å². The van der Waals surface area contributed by atoms with Gasteiger partial charge < -0.3 is 14.8 Å². The SMILES string of the molecule is COc1ccc(OC)c(Nc2nc(C)nc3sc4c(c23)CCCC4)c1. The standard InChI is InChI=1S/C19H21N3O2S/c1-11-20-18(22-14-10-12(23-2)8-9-15(14)24-3)17-13-6-4-5-7-16(13)25-19(17)21-11/h8-10H,4-7H2,1-3H3,(H,20,21,22). The number of fused-ring (bicyclic) bond motifs is 3. The highest BCUT2D eigenvalue weighted by Gasteiger charge is 2.21. The van der Waals surface area contributed by atoms with Crippen LogP contribution in [0.4, 0.5) is 11.5 Å². The molecule has 3 aromatic rings. The summed E-state index contributed by atoms with van der Waals surface area (Å²) < 4.78 is 10.8. The van der Waals surface area contributed by atoms with Gasteiger partial charge in [0.25, 0.3) is 0 Å². The lowest BCUT2D eigenvalue weighted by atomic mass is 9.97. The summed E-state index contributed by atoms with van der Waals surface area (Å²) in [6.07, 6.45) is 4.75. The molecule has 0 bridgehead atoms. The summed E-state index contributed by atoms with van der Waals surface area (Å²) in [5.74, 6) is 3.16. The van der Waals surface area contributed by atoms with Crippen molar-refractivity contribution in [2.75, 3.05) is 19.5 Å². The molecule has 0 atom stereocenters. The fraction of sp³-hybridized carbons (Fsp3) is 0.368. The number of thiophene rings is 1. The summed E-state index contributed by atoms with van der Waals surface area (Å²) in [6.45, 7) is 1.94. The second-order valence-electron chi connectivity index (χ2n) is 6.20. The average Bonchev–Trinajstić information content (AvgIpc) is 2.99. The van der Waals surface area contributed by atoms with Crippen molar-refractivity contribution in [3.8, 4) is 11.5 Å². The molecule has 0 radical (unpaired) electrons. The monoisotopic (exact) mass is 355 g/mol. The van der Waals surface area contributed by atoms with Crippen LogP contribution in [0.5, 0.6) is 11.5 Å². The molecular weight excluding hydrogens is 334 g/mol. The molecule has 5 nitrogen and oxygen atoms in total. The maximum absolute atomic E-state index is 5.49. The number of nitrogens with one attached hydrogen (secondary N) is 1. The van der Waals surface area contributed by atoms with Crippen LogP contribution in [0.15, 0.2) is 18.2 Å². The van der Waals surface area contributed by atoms with Gasteiger partial charge in [0.1, 0.15) is 28.0 Å². The van der Waals surface area contributed by atoms with Crippen molar-refractivity contribution >= 4 is 33.1 Å². The predicted molar refractivity (Wildman–Crippen MR) is 102 cm³/mol. The molecule has 0 aliphatic heterocycles. The highest BCUT2D eigenvalue weighted by Crippen LogP contribution is 2.40. The van der Waals surface area contributed by atoms with E-state index in [-0.39, 0.29) is 0 Å². The van der Waals surface area contributed by atoms with Gasteiger partial charge in [0.15, 0.2) is 0 Å². The zero-order valence-electron chi connectivity index (χ0n) is 14.7. The maximum atomic E-state index is 5.49. The summed E-state index contributed by atoms with van der Waals surface area (Å²) in [6, 6.07) is 5.72. The van der Waals surface area contributed by atoms with Crippen molar-refractivity contribution in [1.82, 2.24) is 9.97 Å². The Morgan fingerprint density at radius 3 is 2.72 bits per heavy atom. The second kappa shape index (κ2) is 6.52. The molecule has 0 fully saturated rings. The number of nitrogens with zero attached hydrogens (tertiary/aromatic N) is 2. The molecular formula is C19H21N3O2S. The lowest BCUT2D eigenvalue weighted by molar-refractivity contribution is 0.405. The van der Waals surface area contributed by atoms with Gasteiger partial charge in [-0.1, -0.05) is 0 Å². The van der Waals surface area contributed by atoms with E-state index in [0.29, 0.717) is 0 Å². The predicted octanol–water partition coefficient (Wildman–Crippen LogP) is 4.64. The van der Waals surface area contributed by atoms with Gasteiger partial charge in [-0.2, -0.15) is 0 Å².